The second-order valence-electron chi connectivity index (χ2n) is 5.13. The van der Waals surface area contributed by atoms with Crippen molar-refractivity contribution in [2.24, 2.45) is 0 Å². The fraction of sp³-hybridized carbons (Fsp3) is 0.0625. The number of amides is 2. The van der Waals surface area contributed by atoms with Crippen LogP contribution >= 0.6 is 11.3 Å². The minimum Gasteiger partial charge on any atom is -0.462 e. The molecule has 0 aliphatic carbocycles. The zero-order chi connectivity index (χ0) is 16.5. The molecule has 7 nitrogen and oxygen atoms in total. The molecule has 0 aliphatic heterocycles. The summed E-state index contributed by atoms with van der Waals surface area (Å²) in [5.74, 6) is 0.624. The van der Waals surface area contributed by atoms with Crippen LogP contribution in [-0.2, 0) is 0 Å². The second-order valence-corrected chi connectivity index (χ2v) is 6.11. The van der Waals surface area contributed by atoms with Crippen LogP contribution in [-0.4, -0.2) is 28.3 Å². The van der Waals surface area contributed by atoms with E-state index < -0.39 is 0 Å². The van der Waals surface area contributed by atoms with Crippen molar-refractivity contribution in [3.05, 3.63) is 48.9 Å². The minimum atomic E-state index is -0.289. The van der Waals surface area contributed by atoms with Crippen LogP contribution in [0.1, 0.15) is 0 Å². The lowest BCUT2D eigenvalue weighted by Crippen LogP contribution is -2.31. The van der Waals surface area contributed by atoms with Gasteiger partial charge in [0.05, 0.1) is 6.26 Å². The number of hydrogen-bond acceptors (Lipinski definition) is 5. The number of furan rings is 1. The molecule has 0 bridgehead atoms. The van der Waals surface area contributed by atoms with Gasteiger partial charge in [-0.1, -0.05) is 17.4 Å². The number of urea groups is 1. The van der Waals surface area contributed by atoms with E-state index in [1.807, 2.05) is 30.5 Å². The number of nitrogens with zero attached hydrogens (tertiary/aromatic N) is 3. The monoisotopic (exact) mass is 339 g/mol. The number of fused-ring (bicyclic) bond motifs is 1. The van der Waals surface area contributed by atoms with Crippen molar-refractivity contribution in [1.29, 1.82) is 0 Å². The Morgan fingerprint density at radius 3 is 3.04 bits per heavy atom. The van der Waals surface area contributed by atoms with Crippen LogP contribution in [0, 0.1) is 0 Å². The first-order valence-electron chi connectivity index (χ1n) is 7.20. The highest BCUT2D eigenvalue weighted by Gasteiger charge is 2.15. The van der Waals surface area contributed by atoms with Gasteiger partial charge in [-0.05, 0) is 35.7 Å². The van der Waals surface area contributed by atoms with Crippen LogP contribution in [0.4, 0.5) is 15.6 Å². The third kappa shape index (κ3) is 2.63. The molecule has 3 heterocycles. The average Bonchev–Trinajstić information content (AvgIpc) is 3.33. The molecule has 2 amide bonds. The van der Waals surface area contributed by atoms with E-state index >= 15 is 0 Å². The van der Waals surface area contributed by atoms with Gasteiger partial charge in [0.25, 0.3) is 0 Å². The Labute approximate surface area is 140 Å². The number of benzene rings is 1. The first kappa shape index (κ1) is 14.5. The highest BCUT2D eigenvalue weighted by atomic mass is 32.1. The maximum absolute atomic E-state index is 12.4. The highest BCUT2D eigenvalue weighted by molar-refractivity contribution is 7.18. The van der Waals surface area contributed by atoms with E-state index in [4.69, 9.17) is 4.42 Å². The summed E-state index contributed by atoms with van der Waals surface area (Å²) in [6.45, 7) is 0. The molecule has 0 atom stereocenters. The van der Waals surface area contributed by atoms with Gasteiger partial charge in [-0.2, -0.15) is 0 Å². The van der Waals surface area contributed by atoms with Gasteiger partial charge in [0.2, 0.25) is 5.13 Å². The summed E-state index contributed by atoms with van der Waals surface area (Å²) in [7, 11) is 1.70. The fourth-order valence-corrected chi connectivity index (χ4v) is 3.01. The molecular weight excluding hydrogens is 326 g/mol. The van der Waals surface area contributed by atoms with Crippen LogP contribution in [0.5, 0.6) is 0 Å². The van der Waals surface area contributed by atoms with Crippen molar-refractivity contribution < 1.29 is 9.21 Å². The van der Waals surface area contributed by atoms with Crippen LogP contribution < -0.4 is 10.2 Å². The Morgan fingerprint density at radius 1 is 1.29 bits per heavy atom. The predicted octanol–water partition coefficient (Wildman–Crippen LogP) is 3.95. The van der Waals surface area contributed by atoms with E-state index in [-0.39, 0.29) is 6.03 Å². The van der Waals surface area contributed by atoms with Crippen molar-refractivity contribution in [3.63, 3.8) is 0 Å². The molecule has 120 valence electrons. The number of nitrogens with one attached hydrogen (secondary N) is 2. The minimum absolute atomic E-state index is 0.289. The van der Waals surface area contributed by atoms with Gasteiger partial charge in [0, 0.05) is 24.4 Å². The highest BCUT2D eigenvalue weighted by Crippen LogP contribution is 2.27. The Bertz CT molecular complexity index is 989. The van der Waals surface area contributed by atoms with E-state index in [0.717, 1.165) is 16.6 Å². The SMILES string of the molecule is CN(C(=O)Nc1nnc(-c2ccco2)s1)c1ccc2cc[nH]c2c1. The summed E-state index contributed by atoms with van der Waals surface area (Å²) in [5, 5.41) is 12.9. The molecule has 24 heavy (non-hydrogen) atoms. The quantitative estimate of drug-likeness (QED) is 0.592. The summed E-state index contributed by atoms with van der Waals surface area (Å²) in [4.78, 5) is 17.1. The largest absolute Gasteiger partial charge is 0.462 e. The molecule has 0 saturated heterocycles. The van der Waals surface area contributed by atoms with Gasteiger partial charge < -0.3 is 9.40 Å². The topological polar surface area (TPSA) is 87.1 Å². The molecule has 0 unspecified atom stereocenters. The van der Waals surface area contributed by atoms with Gasteiger partial charge in [-0.25, -0.2) is 4.79 Å². The Morgan fingerprint density at radius 2 is 2.21 bits per heavy atom. The number of aromatic amines is 1. The molecule has 1 aromatic carbocycles. The standard InChI is InChI=1S/C16H13N5O2S/c1-21(11-5-4-10-6-7-17-12(10)9-11)16(22)18-15-20-19-14(24-15)13-3-2-8-23-13/h2-9,17H,1H3,(H,18,20,22). The van der Waals surface area contributed by atoms with Crippen LogP contribution in [0.2, 0.25) is 0 Å². The van der Waals surface area contributed by atoms with E-state index in [2.05, 4.69) is 20.5 Å². The van der Waals surface area contributed by atoms with Gasteiger partial charge >= 0.3 is 6.03 Å². The molecule has 4 aromatic rings. The Hall–Kier alpha value is -3.13. The van der Waals surface area contributed by atoms with E-state index in [1.165, 1.54) is 16.2 Å². The average molecular weight is 339 g/mol. The van der Waals surface area contributed by atoms with Gasteiger partial charge in [-0.3, -0.25) is 10.2 Å². The lowest BCUT2D eigenvalue weighted by molar-refractivity contribution is 0.258. The first-order chi connectivity index (χ1) is 11.7. The van der Waals surface area contributed by atoms with Crippen LogP contribution in [0.3, 0.4) is 0 Å². The van der Waals surface area contributed by atoms with Crippen molar-refractivity contribution >= 4 is 39.1 Å². The molecule has 0 fully saturated rings. The number of aromatic nitrogens is 3. The normalized spacial score (nSPS) is 10.9. The van der Waals surface area contributed by atoms with Crippen LogP contribution in [0.25, 0.3) is 21.7 Å². The predicted molar refractivity (Wildman–Crippen MR) is 93.3 cm³/mol. The fourth-order valence-electron chi connectivity index (χ4n) is 2.31. The van der Waals surface area contributed by atoms with Crippen LogP contribution in [0.15, 0.2) is 53.3 Å². The van der Waals surface area contributed by atoms with Gasteiger partial charge in [0.15, 0.2) is 10.8 Å². The molecular formula is C16H13N5O2S. The third-order valence-electron chi connectivity index (χ3n) is 3.60. The number of H-pyrrole nitrogens is 1. The number of hydrogen-bond donors (Lipinski definition) is 2. The number of rotatable bonds is 3. The molecule has 0 spiro atoms. The summed E-state index contributed by atoms with van der Waals surface area (Å²) >= 11 is 1.25. The molecule has 4 rings (SSSR count). The molecule has 2 N–H and O–H groups in total. The molecule has 3 aromatic heterocycles. The number of carbonyl (C=O) groups excluding carboxylic acids is 1. The Kier molecular flexibility index (Phi) is 3.51. The van der Waals surface area contributed by atoms with E-state index in [1.54, 1.807) is 25.4 Å². The second kappa shape index (κ2) is 5.82. The first-order valence-corrected chi connectivity index (χ1v) is 8.01. The van der Waals surface area contributed by atoms with E-state index in [9.17, 15) is 4.79 Å². The van der Waals surface area contributed by atoms with Crippen molar-refractivity contribution in [1.82, 2.24) is 15.2 Å². The lowest BCUT2D eigenvalue weighted by Gasteiger charge is -2.17. The smallest absolute Gasteiger partial charge is 0.327 e. The van der Waals surface area contributed by atoms with Gasteiger partial charge in [0.1, 0.15) is 0 Å². The zero-order valence-corrected chi connectivity index (χ0v) is 13.5. The molecule has 0 aliphatic rings. The van der Waals surface area contributed by atoms with Crippen molar-refractivity contribution in [2.45, 2.75) is 0 Å². The van der Waals surface area contributed by atoms with Gasteiger partial charge in [-0.15, -0.1) is 10.2 Å². The third-order valence-corrected chi connectivity index (χ3v) is 4.45. The summed E-state index contributed by atoms with van der Waals surface area (Å²) in [5.41, 5.74) is 1.75. The maximum Gasteiger partial charge on any atom is 0.327 e. The summed E-state index contributed by atoms with van der Waals surface area (Å²) in [6.07, 6.45) is 3.44. The van der Waals surface area contributed by atoms with Crippen molar-refractivity contribution in [2.75, 3.05) is 17.3 Å². The summed E-state index contributed by atoms with van der Waals surface area (Å²) in [6, 6.07) is 11.0. The van der Waals surface area contributed by atoms with Crippen molar-refractivity contribution in [3.8, 4) is 10.8 Å². The lowest BCUT2D eigenvalue weighted by atomic mass is 10.2. The van der Waals surface area contributed by atoms with E-state index in [0.29, 0.717) is 15.9 Å². The maximum atomic E-state index is 12.4. The molecule has 8 heteroatoms. The number of anilines is 2. The number of carbonyl (C=O) groups is 1. The molecule has 0 radical (unpaired) electrons. The zero-order valence-electron chi connectivity index (χ0n) is 12.7. The summed E-state index contributed by atoms with van der Waals surface area (Å²) < 4.78 is 5.27. The Balaban J connectivity index is 1.51. The molecule has 0 saturated carbocycles.